The van der Waals surface area contributed by atoms with Crippen LogP contribution in [0, 0.1) is 17.8 Å². The molecule has 17 nitrogen and oxygen atoms in total. The molecular formula is C89H174O17P2. The van der Waals surface area contributed by atoms with Gasteiger partial charge in [-0.1, -0.05) is 421 Å². The van der Waals surface area contributed by atoms with Crippen molar-refractivity contribution < 1.29 is 80.2 Å². The maximum absolute atomic E-state index is 13.2. The molecule has 0 aromatic carbocycles. The van der Waals surface area contributed by atoms with Gasteiger partial charge in [0.25, 0.3) is 0 Å². The molecule has 0 aliphatic heterocycles. The number of carbonyl (C=O) groups is 4. The first-order valence-electron chi connectivity index (χ1n) is 45.8. The highest BCUT2D eigenvalue weighted by molar-refractivity contribution is 7.47. The van der Waals surface area contributed by atoms with Crippen molar-refractivity contribution in [2.45, 2.75) is 491 Å². The molecule has 0 radical (unpaired) electrons. The number of aliphatic hydroxyl groups excluding tert-OH is 1. The van der Waals surface area contributed by atoms with Crippen LogP contribution in [0.4, 0.5) is 0 Å². The molecule has 0 bridgehead atoms. The molecular weight excluding hydrogens is 1400 g/mol. The fourth-order valence-corrected chi connectivity index (χ4v) is 15.5. The molecule has 2 unspecified atom stereocenters. The monoisotopic (exact) mass is 1580 g/mol. The van der Waals surface area contributed by atoms with E-state index in [0.29, 0.717) is 25.7 Å². The van der Waals surface area contributed by atoms with Crippen LogP contribution in [0.5, 0.6) is 0 Å². The van der Waals surface area contributed by atoms with Crippen LogP contribution < -0.4 is 0 Å². The maximum atomic E-state index is 13.2. The Morgan fingerprint density at radius 2 is 0.426 bits per heavy atom. The lowest BCUT2D eigenvalue weighted by atomic mass is 10.0. The van der Waals surface area contributed by atoms with Crippen LogP contribution in [-0.2, 0) is 65.4 Å². The van der Waals surface area contributed by atoms with Crippen LogP contribution in [-0.4, -0.2) is 96.7 Å². The molecule has 0 rings (SSSR count). The zero-order valence-corrected chi connectivity index (χ0v) is 73.1. The van der Waals surface area contributed by atoms with E-state index in [1.54, 1.807) is 0 Å². The van der Waals surface area contributed by atoms with Gasteiger partial charge in [0.1, 0.15) is 19.3 Å². The normalized spacial score (nSPS) is 13.8. The summed E-state index contributed by atoms with van der Waals surface area (Å²) in [5.74, 6) is 0.220. The minimum Gasteiger partial charge on any atom is -0.462 e. The lowest BCUT2D eigenvalue weighted by Crippen LogP contribution is -2.30. The number of hydrogen-bond acceptors (Lipinski definition) is 15. The van der Waals surface area contributed by atoms with Crippen molar-refractivity contribution in [2.75, 3.05) is 39.6 Å². The highest BCUT2D eigenvalue weighted by Crippen LogP contribution is 2.45. The fraction of sp³-hybridized carbons (Fsp3) is 0.955. The van der Waals surface area contributed by atoms with Crippen LogP contribution in [0.15, 0.2) is 0 Å². The Morgan fingerprint density at radius 1 is 0.250 bits per heavy atom. The molecule has 0 saturated heterocycles. The fourth-order valence-electron chi connectivity index (χ4n) is 13.9. The van der Waals surface area contributed by atoms with Gasteiger partial charge in [-0.3, -0.25) is 37.3 Å². The van der Waals surface area contributed by atoms with Crippen LogP contribution in [0.25, 0.3) is 0 Å². The van der Waals surface area contributed by atoms with Gasteiger partial charge < -0.3 is 33.8 Å². The van der Waals surface area contributed by atoms with E-state index in [0.717, 1.165) is 108 Å². The Balaban J connectivity index is 5.23. The largest absolute Gasteiger partial charge is 0.472 e. The first-order chi connectivity index (χ1) is 52.2. The lowest BCUT2D eigenvalue weighted by molar-refractivity contribution is -0.161. The molecule has 0 spiro atoms. The third-order valence-corrected chi connectivity index (χ3v) is 22.8. The number of rotatable bonds is 87. The molecule has 19 heteroatoms. The average molecular weight is 1580 g/mol. The quantitative estimate of drug-likeness (QED) is 0.0222. The second kappa shape index (κ2) is 78.9. The van der Waals surface area contributed by atoms with Crippen molar-refractivity contribution in [1.82, 2.24) is 0 Å². The summed E-state index contributed by atoms with van der Waals surface area (Å²) in [6.07, 6.45) is 71.0. The topological polar surface area (TPSA) is 237 Å². The predicted octanol–water partition coefficient (Wildman–Crippen LogP) is 27.3. The number of phosphoric ester groups is 2. The molecule has 0 aliphatic rings. The molecule has 5 atom stereocenters. The Bertz CT molecular complexity index is 2080. The van der Waals surface area contributed by atoms with Gasteiger partial charge in [0.15, 0.2) is 12.2 Å². The van der Waals surface area contributed by atoms with Crippen LogP contribution in [0.3, 0.4) is 0 Å². The molecule has 0 aromatic heterocycles. The van der Waals surface area contributed by atoms with E-state index < -0.39 is 97.5 Å². The van der Waals surface area contributed by atoms with Gasteiger partial charge in [-0.05, 0) is 43.4 Å². The summed E-state index contributed by atoms with van der Waals surface area (Å²) in [6, 6.07) is 0. The second-order valence-corrected chi connectivity index (χ2v) is 36.3. The summed E-state index contributed by atoms with van der Waals surface area (Å²) in [4.78, 5) is 73.3. The highest BCUT2D eigenvalue weighted by atomic mass is 31.2. The molecule has 0 aliphatic carbocycles. The Morgan fingerprint density at radius 3 is 0.630 bits per heavy atom. The number of aliphatic hydroxyl groups is 1. The Hall–Kier alpha value is -1.94. The number of unbranched alkanes of at least 4 members (excludes halogenated alkanes) is 55. The number of ether oxygens (including phenoxy) is 4. The summed E-state index contributed by atoms with van der Waals surface area (Å²) in [5, 5.41) is 10.7. The van der Waals surface area contributed by atoms with Crippen molar-refractivity contribution >= 4 is 39.5 Å². The third-order valence-electron chi connectivity index (χ3n) is 20.9. The van der Waals surface area contributed by atoms with Crippen LogP contribution in [0.1, 0.15) is 472 Å². The zero-order valence-electron chi connectivity index (χ0n) is 71.3. The SMILES string of the molecule is CCCCCCCCCCCCCCCCCCCCCCCC(=O)OC[C@H](COP(=O)(O)OC[C@@H](O)COP(=O)(O)OC[C@@H](COC(=O)CCCCCCCCCCC(C)C)OC(=O)CCCCCCCCCCCCCCC(C)C)OC(=O)CCCCCCCCCCCCCCCCCCCCC(C)C. The molecule has 3 N–H and O–H groups in total. The van der Waals surface area contributed by atoms with Gasteiger partial charge in [0.05, 0.1) is 26.4 Å². The van der Waals surface area contributed by atoms with E-state index in [9.17, 15) is 43.2 Å². The van der Waals surface area contributed by atoms with E-state index >= 15 is 0 Å². The highest BCUT2D eigenvalue weighted by Gasteiger charge is 2.31. The molecule has 0 aromatic rings. The second-order valence-electron chi connectivity index (χ2n) is 33.4. The van der Waals surface area contributed by atoms with Crippen LogP contribution >= 0.6 is 15.6 Å². The standard InChI is InChI=1S/C89H174O17P2/c1-8-9-10-11-12-13-14-15-16-17-18-19-20-24-27-30-36-41-49-56-63-70-86(91)99-76-84(105-88(93)72-65-58-51-42-37-31-28-25-22-21-23-26-29-34-39-46-53-60-67-80(2)3)78-103-107(95,96)101-74-83(90)75-102-108(97,98)104-79-85(77-100-87(92)71-64-57-50-45-44-48-55-62-69-82(6)7)106-89(94)73-66-59-52-43-38-33-32-35-40-47-54-61-68-81(4)5/h80-85,90H,8-79H2,1-7H3,(H,95,96)(H,97,98)/t83-,84-,85-/m1/s1. The predicted molar refractivity (Wildman–Crippen MR) is 446 cm³/mol. The summed E-state index contributed by atoms with van der Waals surface area (Å²) in [6.45, 7) is 12.0. The molecule has 642 valence electrons. The maximum Gasteiger partial charge on any atom is 0.472 e. The van der Waals surface area contributed by atoms with Crippen molar-refractivity contribution in [1.29, 1.82) is 0 Å². The number of esters is 4. The Labute approximate surface area is 664 Å². The summed E-state index contributed by atoms with van der Waals surface area (Å²) < 4.78 is 69.0. The first kappa shape index (κ1) is 106. The van der Waals surface area contributed by atoms with Gasteiger partial charge in [-0.2, -0.15) is 0 Å². The lowest BCUT2D eigenvalue weighted by Gasteiger charge is -2.21. The van der Waals surface area contributed by atoms with E-state index in [1.165, 1.54) is 283 Å². The van der Waals surface area contributed by atoms with Crippen molar-refractivity contribution in [3.8, 4) is 0 Å². The van der Waals surface area contributed by atoms with Gasteiger partial charge in [0.2, 0.25) is 0 Å². The molecule has 0 amide bonds. The minimum atomic E-state index is -4.97. The van der Waals surface area contributed by atoms with Crippen LogP contribution in [0.2, 0.25) is 0 Å². The number of carbonyl (C=O) groups excluding carboxylic acids is 4. The zero-order chi connectivity index (χ0) is 79.3. The molecule has 0 fully saturated rings. The van der Waals surface area contributed by atoms with Crippen molar-refractivity contribution in [3.63, 3.8) is 0 Å². The van der Waals surface area contributed by atoms with Gasteiger partial charge in [-0.25, -0.2) is 9.13 Å². The smallest absolute Gasteiger partial charge is 0.462 e. The molecule has 0 saturated carbocycles. The van der Waals surface area contributed by atoms with E-state index in [4.69, 9.17) is 37.0 Å². The Kier molecular flexibility index (Phi) is 77.5. The summed E-state index contributed by atoms with van der Waals surface area (Å²) in [5.41, 5.74) is 0. The minimum absolute atomic E-state index is 0.106. The average Bonchev–Trinajstić information content (AvgIpc) is 0.909. The number of hydrogen-bond donors (Lipinski definition) is 3. The molecule has 108 heavy (non-hydrogen) atoms. The van der Waals surface area contributed by atoms with E-state index in [-0.39, 0.29) is 25.7 Å². The van der Waals surface area contributed by atoms with E-state index in [1.807, 2.05) is 0 Å². The van der Waals surface area contributed by atoms with Crippen molar-refractivity contribution in [2.24, 2.45) is 17.8 Å². The third kappa shape index (κ3) is 82.1. The van der Waals surface area contributed by atoms with Gasteiger partial charge in [0, 0.05) is 25.7 Å². The van der Waals surface area contributed by atoms with Gasteiger partial charge >= 0.3 is 39.5 Å². The first-order valence-corrected chi connectivity index (χ1v) is 48.8. The van der Waals surface area contributed by atoms with Gasteiger partial charge in [-0.15, -0.1) is 0 Å². The molecule has 0 heterocycles. The summed E-state index contributed by atoms with van der Waals surface area (Å²) >= 11 is 0. The van der Waals surface area contributed by atoms with E-state index in [2.05, 4.69) is 48.5 Å². The number of phosphoric acid groups is 2. The summed E-state index contributed by atoms with van der Waals surface area (Å²) in [7, 11) is -9.93. The van der Waals surface area contributed by atoms with Crippen molar-refractivity contribution in [3.05, 3.63) is 0 Å².